The minimum Gasteiger partial charge on any atom is -0.373 e. The molecule has 0 aliphatic carbocycles. The summed E-state index contributed by atoms with van der Waals surface area (Å²) >= 11 is 1.49. The maximum atomic E-state index is 11.5. The van der Waals surface area contributed by atoms with Gasteiger partial charge in [0.05, 0.1) is 17.9 Å². The lowest BCUT2D eigenvalue weighted by atomic mass is 10.2. The van der Waals surface area contributed by atoms with E-state index in [1.54, 1.807) is 0 Å². The molecule has 0 aromatic carbocycles. The Bertz CT molecular complexity index is 439. The molecule has 1 fully saturated rings. The Morgan fingerprint density at radius 3 is 2.85 bits per heavy atom. The molecule has 1 amide bonds. The third-order valence-electron chi connectivity index (χ3n) is 3.16. The molecule has 1 aliphatic rings. The third kappa shape index (κ3) is 4.54. The molecule has 2 heterocycles. The zero-order valence-electron chi connectivity index (χ0n) is 12.4. The van der Waals surface area contributed by atoms with Gasteiger partial charge in [-0.3, -0.25) is 9.69 Å². The van der Waals surface area contributed by atoms with Crippen LogP contribution in [0.1, 0.15) is 39.3 Å². The molecule has 2 rings (SSSR count). The summed E-state index contributed by atoms with van der Waals surface area (Å²) in [5.74, 6) is 0.0435. The summed E-state index contributed by atoms with van der Waals surface area (Å²) in [7, 11) is 0. The summed E-state index contributed by atoms with van der Waals surface area (Å²) in [6.45, 7) is 8.87. The zero-order valence-corrected chi connectivity index (χ0v) is 13.2. The van der Waals surface area contributed by atoms with E-state index in [1.165, 1.54) is 11.3 Å². The number of carbonyl (C=O) groups is 1. The second-order valence-electron chi connectivity index (χ2n) is 5.39. The normalized spacial score (nSPS) is 23.8. The van der Waals surface area contributed by atoms with Gasteiger partial charge >= 0.3 is 0 Å². The van der Waals surface area contributed by atoms with Gasteiger partial charge in [-0.1, -0.05) is 6.92 Å². The smallest absolute Gasteiger partial charge is 0.226 e. The van der Waals surface area contributed by atoms with Crippen molar-refractivity contribution in [3.05, 3.63) is 11.1 Å². The first-order valence-electron chi connectivity index (χ1n) is 7.19. The third-order valence-corrected chi connectivity index (χ3v) is 3.96. The van der Waals surface area contributed by atoms with E-state index in [0.29, 0.717) is 11.6 Å². The molecule has 0 radical (unpaired) electrons. The minimum absolute atomic E-state index is 0.0435. The first-order chi connectivity index (χ1) is 9.56. The van der Waals surface area contributed by atoms with E-state index < -0.39 is 0 Å². The van der Waals surface area contributed by atoms with Crippen LogP contribution in [0.5, 0.6) is 0 Å². The molecule has 1 N–H and O–H groups in total. The number of amides is 1. The average molecular weight is 297 g/mol. The molecular weight excluding hydrogens is 274 g/mol. The van der Waals surface area contributed by atoms with E-state index in [2.05, 4.69) is 29.0 Å². The predicted molar refractivity (Wildman–Crippen MR) is 80.9 cm³/mol. The summed E-state index contributed by atoms with van der Waals surface area (Å²) in [6, 6.07) is 0. The summed E-state index contributed by atoms with van der Waals surface area (Å²) in [6.07, 6.45) is 1.93. The van der Waals surface area contributed by atoms with Gasteiger partial charge in [-0.05, 0) is 20.3 Å². The van der Waals surface area contributed by atoms with E-state index in [0.717, 1.165) is 31.7 Å². The van der Waals surface area contributed by atoms with Crippen molar-refractivity contribution < 1.29 is 9.53 Å². The SMILES string of the molecule is CCCC(=O)Nc1nc(CN2CC(C)OC(C)C2)cs1. The quantitative estimate of drug-likeness (QED) is 0.907. The van der Waals surface area contributed by atoms with E-state index in [1.807, 2.05) is 12.3 Å². The minimum atomic E-state index is 0.0435. The number of nitrogens with zero attached hydrogens (tertiary/aromatic N) is 2. The van der Waals surface area contributed by atoms with Crippen molar-refractivity contribution in [2.24, 2.45) is 0 Å². The lowest BCUT2D eigenvalue weighted by Gasteiger charge is -2.34. The number of morpholine rings is 1. The number of carbonyl (C=O) groups excluding carboxylic acids is 1. The Balaban J connectivity index is 1.87. The Morgan fingerprint density at radius 1 is 1.50 bits per heavy atom. The zero-order chi connectivity index (χ0) is 14.5. The molecule has 5 nitrogen and oxygen atoms in total. The van der Waals surface area contributed by atoms with Crippen LogP contribution in [-0.2, 0) is 16.1 Å². The largest absolute Gasteiger partial charge is 0.373 e. The number of hydrogen-bond donors (Lipinski definition) is 1. The van der Waals surface area contributed by atoms with Crippen molar-refractivity contribution in [1.82, 2.24) is 9.88 Å². The van der Waals surface area contributed by atoms with Gasteiger partial charge in [-0.2, -0.15) is 0 Å². The highest BCUT2D eigenvalue weighted by molar-refractivity contribution is 7.13. The molecule has 2 atom stereocenters. The standard InChI is InChI=1S/C14H23N3O2S/c1-4-5-13(18)16-14-15-12(9-20-14)8-17-6-10(2)19-11(3)7-17/h9-11H,4-8H2,1-3H3,(H,15,16,18). The highest BCUT2D eigenvalue weighted by atomic mass is 32.1. The summed E-state index contributed by atoms with van der Waals surface area (Å²) in [5.41, 5.74) is 1.02. The summed E-state index contributed by atoms with van der Waals surface area (Å²) in [4.78, 5) is 18.4. The lowest BCUT2D eigenvalue weighted by molar-refractivity contribution is -0.116. The van der Waals surface area contributed by atoms with Gasteiger partial charge in [0.15, 0.2) is 5.13 Å². The van der Waals surface area contributed by atoms with Crippen molar-refractivity contribution in [1.29, 1.82) is 0 Å². The number of anilines is 1. The topological polar surface area (TPSA) is 54.5 Å². The number of thiazole rings is 1. The van der Waals surface area contributed by atoms with Gasteiger partial charge in [0.2, 0.25) is 5.91 Å². The van der Waals surface area contributed by atoms with Gasteiger partial charge in [0.1, 0.15) is 0 Å². The molecule has 1 aromatic heterocycles. The number of rotatable bonds is 5. The summed E-state index contributed by atoms with van der Waals surface area (Å²) < 4.78 is 5.72. The number of aromatic nitrogens is 1. The van der Waals surface area contributed by atoms with Crippen LogP contribution in [0, 0.1) is 0 Å². The molecule has 20 heavy (non-hydrogen) atoms. The Hall–Kier alpha value is -0.980. The maximum Gasteiger partial charge on any atom is 0.226 e. The van der Waals surface area contributed by atoms with E-state index >= 15 is 0 Å². The van der Waals surface area contributed by atoms with E-state index in [-0.39, 0.29) is 18.1 Å². The Kier molecular flexibility index (Phi) is 5.51. The van der Waals surface area contributed by atoms with Crippen LogP contribution < -0.4 is 5.32 Å². The molecule has 0 saturated carbocycles. The fourth-order valence-electron chi connectivity index (χ4n) is 2.49. The highest BCUT2D eigenvalue weighted by Crippen LogP contribution is 2.19. The van der Waals surface area contributed by atoms with Gasteiger partial charge in [-0.15, -0.1) is 11.3 Å². The van der Waals surface area contributed by atoms with Gasteiger partial charge in [-0.25, -0.2) is 4.98 Å². The summed E-state index contributed by atoms with van der Waals surface area (Å²) in [5, 5.41) is 5.57. The van der Waals surface area contributed by atoms with Crippen LogP contribution in [0.2, 0.25) is 0 Å². The van der Waals surface area contributed by atoms with E-state index in [9.17, 15) is 4.79 Å². The molecule has 1 aromatic rings. The first kappa shape index (κ1) is 15.4. The van der Waals surface area contributed by atoms with Crippen LogP contribution in [0.15, 0.2) is 5.38 Å². The predicted octanol–water partition coefficient (Wildman–Crippen LogP) is 2.49. The fraction of sp³-hybridized carbons (Fsp3) is 0.714. The fourth-order valence-corrected chi connectivity index (χ4v) is 3.21. The van der Waals surface area contributed by atoms with Crippen LogP contribution in [0.4, 0.5) is 5.13 Å². The van der Waals surface area contributed by atoms with Crippen molar-refractivity contribution >= 4 is 22.4 Å². The van der Waals surface area contributed by atoms with Crippen LogP contribution in [0.25, 0.3) is 0 Å². The maximum absolute atomic E-state index is 11.5. The molecule has 6 heteroatoms. The molecular formula is C14H23N3O2S. The molecule has 1 aliphatic heterocycles. The lowest BCUT2D eigenvalue weighted by Crippen LogP contribution is -2.44. The molecule has 2 unspecified atom stereocenters. The highest BCUT2D eigenvalue weighted by Gasteiger charge is 2.22. The first-order valence-corrected chi connectivity index (χ1v) is 8.06. The van der Waals surface area contributed by atoms with Crippen molar-refractivity contribution in [2.45, 2.75) is 52.4 Å². The molecule has 0 spiro atoms. The average Bonchev–Trinajstić information content (AvgIpc) is 2.75. The second-order valence-corrected chi connectivity index (χ2v) is 6.25. The van der Waals surface area contributed by atoms with Crippen LogP contribution in [-0.4, -0.2) is 41.1 Å². The van der Waals surface area contributed by atoms with Crippen molar-refractivity contribution in [3.8, 4) is 0 Å². The molecule has 1 saturated heterocycles. The number of hydrogen-bond acceptors (Lipinski definition) is 5. The number of ether oxygens (including phenoxy) is 1. The van der Waals surface area contributed by atoms with Gasteiger partial charge in [0, 0.05) is 31.4 Å². The van der Waals surface area contributed by atoms with Crippen LogP contribution in [0.3, 0.4) is 0 Å². The van der Waals surface area contributed by atoms with Crippen molar-refractivity contribution in [2.75, 3.05) is 18.4 Å². The second kappa shape index (κ2) is 7.15. The molecule has 0 bridgehead atoms. The van der Waals surface area contributed by atoms with Gasteiger partial charge in [0.25, 0.3) is 0 Å². The van der Waals surface area contributed by atoms with Crippen molar-refractivity contribution in [3.63, 3.8) is 0 Å². The van der Waals surface area contributed by atoms with Gasteiger partial charge < -0.3 is 10.1 Å². The monoisotopic (exact) mass is 297 g/mol. The molecule has 112 valence electrons. The van der Waals surface area contributed by atoms with Crippen LogP contribution >= 0.6 is 11.3 Å². The Morgan fingerprint density at radius 2 is 2.20 bits per heavy atom. The Labute approximate surface area is 124 Å². The number of nitrogens with one attached hydrogen (secondary N) is 1. The van der Waals surface area contributed by atoms with E-state index in [4.69, 9.17) is 4.74 Å².